The van der Waals surface area contributed by atoms with E-state index in [0.29, 0.717) is 13.1 Å². The zero-order valence-corrected chi connectivity index (χ0v) is 32.9. The molecule has 13 heteroatoms. The van der Waals surface area contributed by atoms with Crippen molar-refractivity contribution in [1.29, 1.82) is 0 Å². The molecule has 3 amide bonds. The molecule has 2 saturated heterocycles. The number of carbonyl (C=O) groups excluding carboxylic acids is 4. The molecule has 13 nitrogen and oxygen atoms in total. The van der Waals surface area contributed by atoms with Crippen molar-refractivity contribution >= 4 is 45.9 Å². The highest BCUT2D eigenvalue weighted by Gasteiger charge is 2.39. The van der Waals surface area contributed by atoms with E-state index >= 15 is 0 Å². The van der Waals surface area contributed by atoms with Crippen molar-refractivity contribution in [2.45, 2.75) is 77.9 Å². The third kappa shape index (κ3) is 7.71. The summed E-state index contributed by atoms with van der Waals surface area (Å²) < 4.78 is 9.67. The van der Waals surface area contributed by atoms with Gasteiger partial charge in [0.15, 0.2) is 0 Å². The van der Waals surface area contributed by atoms with Gasteiger partial charge in [0.05, 0.1) is 60.7 Å². The highest BCUT2D eigenvalue weighted by molar-refractivity contribution is 5.88. The van der Waals surface area contributed by atoms with Gasteiger partial charge in [-0.2, -0.15) is 0 Å². The van der Waals surface area contributed by atoms with Gasteiger partial charge in [0.2, 0.25) is 11.8 Å². The second-order valence-electron chi connectivity index (χ2n) is 15.7. The maximum absolute atomic E-state index is 13.7. The van der Waals surface area contributed by atoms with Crippen LogP contribution < -0.4 is 5.32 Å². The molecule has 4 atom stereocenters. The molecule has 0 aliphatic carbocycles. The van der Waals surface area contributed by atoms with Crippen LogP contribution in [0.5, 0.6) is 0 Å². The van der Waals surface area contributed by atoms with Gasteiger partial charge in [0.1, 0.15) is 17.7 Å². The highest BCUT2D eigenvalue weighted by Crippen LogP contribution is 2.37. The summed E-state index contributed by atoms with van der Waals surface area (Å²) in [6.45, 7) is 8.96. The average molecular weight is 762 g/mol. The van der Waals surface area contributed by atoms with Crippen LogP contribution in [-0.2, 0) is 23.9 Å². The lowest BCUT2D eigenvalue weighted by Crippen LogP contribution is -2.51. The molecule has 3 aromatic carbocycles. The van der Waals surface area contributed by atoms with Gasteiger partial charge in [-0.25, -0.2) is 14.8 Å². The van der Waals surface area contributed by atoms with Gasteiger partial charge >= 0.3 is 12.1 Å². The topological polar surface area (TPSA) is 163 Å². The number of imidazole rings is 2. The van der Waals surface area contributed by atoms with E-state index in [2.05, 4.69) is 57.7 Å². The van der Waals surface area contributed by atoms with Gasteiger partial charge in [-0.1, -0.05) is 58.0 Å². The molecule has 0 bridgehead atoms. The number of rotatable bonds is 11. The Bertz CT molecular complexity index is 2110. The Labute approximate surface area is 326 Å². The lowest BCUT2D eigenvalue weighted by molar-refractivity contribution is -0.148. The molecule has 2 aromatic heterocycles. The second kappa shape index (κ2) is 16.2. The number of esters is 1. The zero-order valence-electron chi connectivity index (χ0n) is 32.9. The number of nitrogens with zero attached hydrogens (tertiary/aromatic N) is 4. The van der Waals surface area contributed by atoms with Gasteiger partial charge in [-0.15, -0.1) is 0 Å². The molecule has 3 N–H and O–H groups in total. The normalized spacial score (nSPS) is 18.2. The van der Waals surface area contributed by atoms with Crippen molar-refractivity contribution in [1.82, 2.24) is 35.1 Å². The first-order valence-corrected chi connectivity index (χ1v) is 19.6. The van der Waals surface area contributed by atoms with Crippen molar-refractivity contribution in [2.24, 2.45) is 17.8 Å². The van der Waals surface area contributed by atoms with Gasteiger partial charge < -0.3 is 34.6 Å². The minimum absolute atomic E-state index is 0.00211. The molecule has 4 heterocycles. The molecule has 0 unspecified atom stereocenters. The third-order valence-electron chi connectivity index (χ3n) is 11.4. The van der Waals surface area contributed by atoms with Crippen LogP contribution in [0.15, 0.2) is 60.7 Å². The summed E-state index contributed by atoms with van der Waals surface area (Å²) >= 11 is 0. The molecule has 0 radical (unpaired) electrons. The van der Waals surface area contributed by atoms with Crippen molar-refractivity contribution in [3.63, 3.8) is 0 Å². The Kier molecular flexibility index (Phi) is 11.1. The summed E-state index contributed by atoms with van der Waals surface area (Å²) in [6, 6.07) is 19.6. The minimum atomic E-state index is -0.696. The van der Waals surface area contributed by atoms with Crippen LogP contribution in [-0.4, -0.2) is 87.0 Å². The Morgan fingerprint density at radius 3 is 1.71 bits per heavy atom. The first-order chi connectivity index (χ1) is 26.9. The van der Waals surface area contributed by atoms with Crippen LogP contribution in [0.25, 0.3) is 44.3 Å². The van der Waals surface area contributed by atoms with Crippen LogP contribution in [0.2, 0.25) is 0 Å². The van der Waals surface area contributed by atoms with Crippen LogP contribution >= 0.6 is 0 Å². The van der Waals surface area contributed by atoms with Crippen molar-refractivity contribution in [2.75, 3.05) is 27.3 Å². The summed E-state index contributed by atoms with van der Waals surface area (Å²) in [5.41, 5.74) is 7.57. The molecule has 0 spiro atoms. The van der Waals surface area contributed by atoms with E-state index in [9.17, 15) is 19.2 Å². The minimum Gasteiger partial charge on any atom is -0.469 e. The summed E-state index contributed by atoms with van der Waals surface area (Å²) in [4.78, 5) is 72.0. The first kappa shape index (κ1) is 38.6. The number of amides is 3. The number of fused-ring (bicyclic) bond motifs is 2. The number of hydrogen-bond acceptors (Lipinski definition) is 8. The summed E-state index contributed by atoms with van der Waals surface area (Å²) in [5, 5.41) is 2.71. The SMILES string of the molecule is COC(=O)C[C@H](C(=O)N1CCC[C@H]1c1nc2ccc(-c3cccc(-c4ccc5nc([C@@H]6CCCN6C(=O)[C@@H](NC(=O)OC)C(C)C)[nH]c5c4)c3)cc2[nH]1)C(C)C. The summed E-state index contributed by atoms with van der Waals surface area (Å²) in [5.74, 6) is 0.379. The number of likely N-dealkylation sites (tertiary alicyclic amines) is 2. The Morgan fingerprint density at radius 1 is 0.714 bits per heavy atom. The predicted octanol–water partition coefficient (Wildman–Crippen LogP) is 7.32. The molecule has 5 aromatic rings. The fourth-order valence-electron chi connectivity index (χ4n) is 8.20. The number of benzene rings is 3. The third-order valence-corrected chi connectivity index (χ3v) is 11.4. The standard InChI is InChI=1S/C43H51N7O6/c1-24(2)30(23-37(51)55-5)41(52)49-18-8-12-35(49)39-44-31-16-14-28(21-33(31)46-39)26-10-7-11-27(20-26)29-15-17-32-34(22-29)47-40(45-32)36-13-9-19-50(36)42(53)38(25(3)4)48-43(54)56-6/h7,10-11,14-17,20-22,24-25,30,35-36,38H,8-9,12-13,18-19,23H2,1-6H3,(H,44,46)(H,45,47)(H,48,54)/t30-,35-,36-,38-/m0/s1. The van der Waals surface area contributed by atoms with Crippen LogP contribution in [0.4, 0.5) is 4.79 Å². The molecular formula is C43H51N7O6. The van der Waals surface area contributed by atoms with E-state index < -0.39 is 18.1 Å². The fourth-order valence-corrected chi connectivity index (χ4v) is 8.20. The predicted molar refractivity (Wildman–Crippen MR) is 213 cm³/mol. The molecule has 2 fully saturated rings. The number of aromatic nitrogens is 4. The molecule has 7 rings (SSSR count). The number of methoxy groups -OCH3 is 2. The van der Waals surface area contributed by atoms with Crippen molar-refractivity contribution in [3.05, 3.63) is 72.3 Å². The van der Waals surface area contributed by atoms with Crippen LogP contribution in [0.1, 0.15) is 83.5 Å². The second-order valence-corrected chi connectivity index (χ2v) is 15.7. The molecule has 294 valence electrons. The Morgan fingerprint density at radius 2 is 1.23 bits per heavy atom. The molecule has 0 saturated carbocycles. The van der Waals surface area contributed by atoms with E-state index in [-0.39, 0.29) is 48.1 Å². The lowest BCUT2D eigenvalue weighted by Gasteiger charge is -2.29. The van der Waals surface area contributed by atoms with E-state index in [1.807, 2.05) is 55.7 Å². The maximum Gasteiger partial charge on any atom is 0.407 e. The van der Waals surface area contributed by atoms with Gasteiger partial charge in [-0.3, -0.25) is 14.4 Å². The van der Waals surface area contributed by atoms with Crippen LogP contribution in [0, 0.1) is 17.8 Å². The smallest absolute Gasteiger partial charge is 0.407 e. The fraction of sp³-hybridized carbons (Fsp3) is 0.442. The average Bonchev–Trinajstić information content (AvgIpc) is 4.03. The quantitative estimate of drug-likeness (QED) is 0.118. The number of H-pyrrole nitrogens is 2. The molecule has 2 aliphatic heterocycles. The number of nitrogens with one attached hydrogen (secondary N) is 3. The van der Waals surface area contributed by atoms with E-state index in [1.165, 1.54) is 14.2 Å². The Hall–Kier alpha value is -5.72. The highest BCUT2D eigenvalue weighted by atomic mass is 16.5. The van der Waals surface area contributed by atoms with Crippen molar-refractivity contribution in [3.8, 4) is 22.3 Å². The van der Waals surface area contributed by atoms with E-state index in [0.717, 1.165) is 81.7 Å². The first-order valence-electron chi connectivity index (χ1n) is 19.6. The number of alkyl carbamates (subject to hydrolysis) is 1. The molecule has 56 heavy (non-hydrogen) atoms. The number of aromatic amines is 2. The zero-order chi connectivity index (χ0) is 39.7. The van der Waals surface area contributed by atoms with Gasteiger partial charge in [0, 0.05) is 13.1 Å². The summed E-state index contributed by atoms with van der Waals surface area (Å²) in [6.07, 6.45) is 2.73. The molecular weight excluding hydrogens is 711 g/mol. The largest absolute Gasteiger partial charge is 0.469 e. The van der Waals surface area contributed by atoms with Gasteiger partial charge in [-0.05, 0) is 90.1 Å². The van der Waals surface area contributed by atoms with Crippen LogP contribution in [0.3, 0.4) is 0 Å². The van der Waals surface area contributed by atoms with Crippen molar-refractivity contribution < 1.29 is 28.7 Å². The maximum atomic E-state index is 13.7. The van der Waals surface area contributed by atoms with E-state index in [1.54, 1.807) is 0 Å². The number of ether oxygens (including phenoxy) is 2. The lowest BCUT2D eigenvalue weighted by atomic mass is 9.91. The number of carbonyl (C=O) groups is 4. The van der Waals surface area contributed by atoms with E-state index in [4.69, 9.17) is 19.4 Å². The Balaban J connectivity index is 1.10. The van der Waals surface area contributed by atoms with Gasteiger partial charge in [0.25, 0.3) is 0 Å². The number of hydrogen-bond donors (Lipinski definition) is 3. The molecule has 2 aliphatic rings. The monoisotopic (exact) mass is 761 g/mol. The summed E-state index contributed by atoms with van der Waals surface area (Å²) in [7, 11) is 2.65.